The first kappa shape index (κ1) is 12.7. The molecule has 20 heavy (non-hydrogen) atoms. The summed E-state index contributed by atoms with van der Waals surface area (Å²) in [6.07, 6.45) is 5.20. The minimum absolute atomic E-state index is 0.0992. The number of carbonyl (C=O) groups excluding carboxylic acids is 1. The Bertz CT molecular complexity index is 668. The maximum absolute atomic E-state index is 12.4. The predicted molar refractivity (Wildman–Crippen MR) is 78.0 cm³/mol. The Hall–Kier alpha value is -2.36. The number of fused-ring (bicyclic) bond motifs is 1. The summed E-state index contributed by atoms with van der Waals surface area (Å²) >= 11 is 0. The fourth-order valence-corrected chi connectivity index (χ4v) is 2.57. The van der Waals surface area contributed by atoms with Gasteiger partial charge < -0.3 is 4.90 Å². The summed E-state index contributed by atoms with van der Waals surface area (Å²) in [5.74, 6) is 0.0992. The molecule has 0 radical (unpaired) electrons. The zero-order valence-corrected chi connectivity index (χ0v) is 11.7. The summed E-state index contributed by atoms with van der Waals surface area (Å²) in [6, 6.07) is 9.94. The van der Waals surface area contributed by atoms with Gasteiger partial charge in [0.2, 0.25) is 0 Å². The van der Waals surface area contributed by atoms with Crippen LogP contribution in [0.5, 0.6) is 0 Å². The number of hydrogen-bond donors (Lipinski definition) is 0. The Morgan fingerprint density at radius 1 is 1.20 bits per heavy atom. The van der Waals surface area contributed by atoms with E-state index in [2.05, 4.69) is 5.10 Å². The lowest BCUT2D eigenvalue weighted by atomic mass is 9.92. The second kappa shape index (κ2) is 4.96. The third-order valence-corrected chi connectivity index (χ3v) is 3.45. The van der Waals surface area contributed by atoms with Gasteiger partial charge in [-0.25, -0.2) is 4.68 Å². The van der Waals surface area contributed by atoms with Crippen LogP contribution in [0.2, 0.25) is 0 Å². The molecule has 0 atom stereocenters. The molecule has 4 heteroatoms. The average Bonchev–Trinajstić information content (AvgIpc) is 2.87. The third kappa shape index (κ3) is 2.13. The van der Waals surface area contributed by atoms with Gasteiger partial charge >= 0.3 is 0 Å². The van der Waals surface area contributed by atoms with Crippen LogP contribution in [-0.4, -0.2) is 34.6 Å². The second-order valence-electron chi connectivity index (χ2n) is 5.20. The Kier molecular flexibility index (Phi) is 3.14. The summed E-state index contributed by atoms with van der Waals surface area (Å²) in [5.41, 5.74) is 3.60. The summed E-state index contributed by atoms with van der Waals surface area (Å²) in [4.78, 5) is 14.4. The van der Waals surface area contributed by atoms with Crippen LogP contribution in [-0.2, 0) is 6.42 Å². The van der Waals surface area contributed by atoms with E-state index in [1.165, 1.54) is 0 Å². The zero-order chi connectivity index (χ0) is 14.1. The van der Waals surface area contributed by atoms with Crippen molar-refractivity contribution in [3.05, 3.63) is 59.6 Å². The number of allylic oxidation sites excluding steroid dienone is 1. The minimum atomic E-state index is 0.0992. The zero-order valence-electron chi connectivity index (χ0n) is 11.7. The van der Waals surface area contributed by atoms with Crippen molar-refractivity contribution in [2.45, 2.75) is 12.8 Å². The first-order valence-electron chi connectivity index (χ1n) is 6.71. The van der Waals surface area contributed by atoms with E-state index in [4.69, 9.17) is 0 Å². The molecule has 0 saturated carbocycles. The highest BCUT2D eigenvalue weighted by atomic mass is 16.1. The molecular formula is C16H17N3O. The van der Waals surface area contributed by atoms with Gasteiger partial charge in [0, 0.05) is 25.9 Å². The first-order chi connectivity index (χ1) is 9.66. The van der Waals surface area contributed by atoms with Crippen molar-refractivity contribution in [1.82, 2.24) is 14.7 Å². The second-order valence-corrected chi connectivity index (χ2v) is 5.20. The topological polar surface area (TPSA) is 38.1 Å². The van der Waals surface area contributed by atoms with Gasteiger partial charge in [0.25, 0.3) is 0 Å². The molecule has 1 aliphatic carbocycles. The van der Waals surface area contributed by atoms with Crippen LogP contribution in [0.25, 0.3) is 5.69 Å². The van der Waals surface area contributed by atoms with Gasteiger partial charge in [-0.3, -0.25) is 4.79 Å². The number of hydrogen-bond acceptors (Lipinski definition) is 3. The van der Waals surface area contributed by atoms with Gasteiger partial charge in [0.1, 0.15) is 0 Å². The Morgan fingerprint density at radius 2 is 1.95 bits per heavy atom. The molecular weight excluding hydrogens is 250 g/mol. The number of nitrogens with zero attached hydrogens (tertiary/aromatic N) is 3. The fraction of sp³-hybridized carbons (Fsp3) is 0.250. The third-order valence-electron chi connectivity index (χ3n) is 3.45. The van der Waals surface area contributed by atoms with E-state index in [0.29, 0.717) is 0 Å². The monoisotopic (exact) mass is 267 g/mol. The molecule has 0 spiro atoms. The van der Waals surface area contributed by atoms with Crippen molar-refractivity contribution in [3.63, 3.8) is 0 Å². The van der Waals surface area contributed by atoms with Gasteiger partial charge in [0.05, 0.1) is 23.1 Å². The van der Waals surface area contributed by atoms with Gasteiger partial charge in [-0.05, 0) is 25.0 Å². The van der Waals surface area contributed by atoms with Crippen molar-refractivity contribution in [1.29, 1.82) is 0 Å². The number of rotatable bonds is 2. The normalized spacial score (nSPS) is 16.3. The van der Waals surface area contributed by atoms with Crippen LogP contribution in [0.3, 0.4) is 0 Å². The standard InChI is InChI=1S/C16H17N3O/c1-18(2)11-12-8-9-15-14(16(12)20)10-17-19(15)13-6-4-3-5-7-13/h3-7,10-11H,8-9H2,1-2H3/b12-11+. The maximum Gasteiger partial charge on any atom is 0.193 e. The van der Waals surface area contributed by atoms with Crippen molar-refractivity contribution in [2.24, 2.45) is 0 Å². The number of benzene rings is 1. The highest BCUT2D eigenvalue weighted by Gasteiger charge is 2.26. The molecule has 1 aromatic carbocycles. The molecule has 1 heterocycles. The van der Waals surface area contributed by atoms with E-state index >= 15 is 0 Å². The highest BCUT2D eigenvalue weighted by molar-refractivity contribution is 6.10. The van der Waals surface area contributed by atoms with Crippen LogP contribution in [0, 0.1) is 0 Å². The van der Waals surface area contributed by atoms with Crippen molar-refractivity contribution < 1.29 is 4.79 Å². The van der Waals surface area contributed by atoms with Crippen LogP contribution in [0.4, 0.5) is 0 Å². The summed E-state index contributed by atoms with van der Waals surface area (Å²) in [7, 11) is 3.87. The molecule has 0 unspecified atom stereocenters. The van der Waals surface area contributed by atoms with E-state index in [1.54, 1.807) is 6.20 Å². The molecule has 1 aliphatic rings. The number of carbonyl (C=O) groups is 1. The van der Waals surface area contributed by atoms with E-state index < -0.39 is 0 Å². The summed E-state index contributed by atoms with van der Waals surface area (Å²) in [6.45, 7) is 0. The minimum Gasteiger partial charge on any atom is -0.383 e. The molecule has 3 rings (SSSR count). The molecule has 0 bridgehead atoms. The van der Waals surface area contributed by atoms with Crippen molar-refractivity contribution >= 4 is 5.78 Å². The number of para-hydroxylation sites is 1. The Morgan fingerprint density at radius 3 is 2.65 bits per heavy atom. The van der Waals surface area contributed by atoms with Crippen molar-refractivity contribution in [2.75, 3.05) is 14.1 Å². The van der Waals surface area contributed by atoms with Gasteiger partial charge in [-0.15, -0.1) is 0 Å². The molecule has 102 valence electrons. The van der Waals surface area contributed by atoms with Gasteiger partial charge in [-0.2, -0.15) is 5.10 Å². The van der Waals surface area contributed by atoms with Crippen LogP contribution < -0.4 is 0 Å². The molecule has 0 fully saturated rings. The van der Waals surface area contributed by atoms with Crippen LogP contribution in [0.15, 0.2) is 48.3 Å². The smallest absolute Gasteiger partial charge is 0.193 e. The number of ketones is 1. The van der Waals surface area contributed by atoms with E-state index in [9.17, 15) is 4.79 Å². The van der Waals surface area contributed by atoms with E-state index in [-0.39, 0.29) is 5.78 Å². The van der Waals surface area contributed by atoms with Crippen LogP contribution in [0.1, 0.15) is 22.5 Å². The largest absolute Gasteiger partial charge is 0.383 e. The lowest BCUT2D eigenvalue weighted by Gasteiger charge is -2.17. The molecule has 0 N–H and O–H groups in total. The quantitative estimate of drug-likeness (QED) is 0.784. The molecule has 4 nitrogen and oxygen atoms in total. The first-order valence-corrected chi connectivity index (χ1v) is 6.71. The SMILES string of the molecule is CN(C)/C=C1\CCc2c(cnn2-c2ccccc2)C1=O. The Balaban J connectivity index is 2.02. The number of Topliss-reactive ketones (excluding diaryl/α,β-unsaturated/α-hetero) is 1. The van der Waals surface area contributed by atoms with Gasteiger partial charge in [-0.1, -0.05) is 18.2 Å². The molecule has 0 aliphatic heterocycles. The van der Waals surface area contributed by atoms with E-state index in [1.807, 2.05) is 60.2 Å². The van der Waals surface area contributed by atoms with Crippen molar-refractivity contribution in [3.8, 4) is 5.69 Å². The average molecular weight is 267 g/mol. The highest BCUT2D eigenvalue weighted by Crippen LogP contribution is 2.26. The fourth-order valence-electron chi connectivity index (χ4n) is 2.57. The van der Waals surface area contributed by atoms with E-state index in [0.717, 1.165) is 35.4 Å². The van der Waals surface area contributed by atoms with Gasteiger partial charge in [0.15, 0.2) is 5.78 Å². The molecule has 2 aromatic rings. The molecule has 0 saturated heterocycles. The lowest BCUT2D eigenvalue weighted by molar-refractivity contribution is 0.102. The van der Waals surface area contributed by atoms with Crippen LogP contribution >= 0.6 is 0 Å². The maximum atomic E-state index is 12.4. The summed E-state index contributed by atoms with van der Waals surface area (Å²) in [5, 5.41) is 4.39. The Labute approximate surface area is 118 Å². The number of aromatic nitrogens is 2. The lowest BCUT2D eigenvalue weighted by Crippen LogP contribution is -2.18. The molecule has 0 amide bonds. The molecule has 1 aromatic heterocycles. The summed E-state index contributed by atoms with van der Waals surface area (Å²) < 4.78 is 1.87. The predicted octanol–water partition coefficient (Wildman–Crippen LogP) is 2.45.